The summed E-state index contributed by atoms with van der Waals surface area (Å²) in [7, 11) is 0. The lowest BCUT2D eigenvalue weighted by Crippen LogP contribution is -2.30. The van der Waals surface area contributed by atoms with Crippen LogP contribution in [0.2, 0.25) is 0 Å². The van der Waals surface area contributed by atoms with Crippen LogP contribution in [0.5, 0.6) is 0 Å². The van der Waals surface area contributed by atoms with Crippen LogP contribution < -0.4 is 0 Å². The third kappa shape index (κ3) is 47.4. The Kier molecular flexibility index (Phi) is 47.0. The molecule has 0 N–H and O–H groups in total. The highest BCUT2D eigenvalue weighted by molar-refractivity contribution is 5.71. The van der Waals surface area contributed by atoms with Gasteiger partial charge in [-0.15, -0.1) is 0 Å². The molecule has 6 heteroatoms. The third-order valence-electron chi connectivity index (χ3n) is 10.3. The van der Waals surface area contributed by atoms with Gasteiger partial charge in [0.1, 0.15) is 13.2 Å². The van der Waals surface area contributed by atoms with E-state index in [1.54, 1.807) is 0 Å². The second kappa shape index (κ2) is 50.0. The van der Waals surface area contributed by atoms with Gasteiger partial charge in [0.25, 0.3) is 0 Å². The van der Waals surface area contributed by atoms with E-state index >= 15 is 0 Å². The predicted molar refractivity (Wildman–Crippen MR) is 265 cm³/mol. The van der Waals surface area contributed by atoms with Crippen molar-refractivity contribution in [2.45, 2.75) is 226 Å². The number of esters is 3. The smallest absolute Gasteiger partial charge is 0.306 e. The molecule has 0 bridgehead atoms. The Labute approximate surface area is 381 Å². The van der Waals surface area contributed by atoms with Gasteiger partial charge in [-0.25, -0.2) is 0 Å². The van der Waals surface area contributed by atoms with Gasteiger partial charge in [0.2, 0.25) is 0 Å². The summed E-state index contributed by atoms with van der Waals surface area (Å²) in [4.78, 5) is 37.9. The van der Waals surface area contributed by atoms with E-state index in [4.69, 9.17) is 14.2 Å². The first-order valence-corrected chi connectivity index (χ1v) is 25.2. The van der Waals surface area contributed by atoms with Crippen LogP contribution in [0.15, 0.2) is 97.2 Å². The number of rotatable bonds is 44. The summed E-state index contributed by atoms with van der Waals surface area (Å²) in [5, 5.41) is 0. The van der Waals surface area contributed by atoms with E-state index < -0.39 is 6.10 Å². The Morgan fingerprint density at radius 1 is 0.339 bits per heavy atom. The van der Waals surface area contributed by atoms with Crippen LogP contribution in [-0.4, -0.2) is 37.2 Å². The normalized spacial score (nSPS) is 12.9. The zero-order valence-electron chi connectivity index (χ0n) is 40.1. The standard InChI is InChI=1S/C56H92O6/c1-4-7-10-13-16-19-22-24-26-27-28-29-30-32-34-37-40-43-46-49-55(58)61-52-53(51-60-54(57)48-45-42-39-36-33-21-18-15-12-9-6-3)62-56(59)50-47-44-41-38-35-31-25-23-20-17-14-11-8-5-2/h7-8,10-11,15-20,24-26,28-29,31,53H,4-6,9,12-14,21-23,27,30,32-52H2,1-3H3/b10-7-,11-8-,18-15-,19-16-,20-17-,26-24-,29-28-,31-25-. The number of allylic oxidation sites excluding steroid dienone is 16. The van der Waals surface area contributed by atoms with Crippen molar-refractivity contribution in [2.75, 3.05) is 13.2 Å². The predicted octanol–water partition coefficient (Wildman–Crippen LogP) is 16.6. The minimum Gasteiger partial charge on any atom is -0.462 e. The van der Waals surface area contributed by atoms with Gasteiger partial charge in [0.15, 0.2) is 6.10 Å². The quantitative estimate of drug-likeness (QED) is 0.0263. The highest BCUT2D eigenvalue weighted by atomic mass is 16.6. The molecule has 62 heavy (non-hydrogen) atoms. The molecule has 0 aromatic heterocycles. The van der Waals surface area contributed by atoms with Gasteiger partial charge >= 0.3 is 17.9 Å². The van der Waals surface area contributed by atoms with Crippen LogP contribution in [0.3, 0.4) is 0 Å². The molecule has 0 aromatic carbocycles. The van der Waals surface area contributed by atoms with Gasteiger partial charge in [-0.3, -0.25) is 14.4 Å². The van der Waals surface area contributed by atoms with E-state index in [9.17, 15) is 14.4 Å². The van der Waals surface area contributed by atoms with E-state index in [1.165, 1.54) is 38.5 Å². The maximum absolute atomic E-state index is 12.8. The van der Waals surface area contributed by atoms with Crippen molar-refractivity contribution in [1.82, 2.24) is 0 Å². The molecule has 0 aliphatic rings. The largest absolute Gasteiger partial charge is 0.462 e. The first kappa shape index (κ1) is 58.3. The zero-order valence-corrected chi connectivity index (χ0v) is 40.1. The molecule has 0 aliphatic heterocycles. The fourth-order valence-corrected chi connectivity index (χ4v) is 6.54. The van der Waals surface area contributed by atoms with E-state index in [-0.39, 0.29) is 31.1 Å². The summed E-state index contributed by atoms with van der Waals surface area (Å²) >= 11 is 0. The molecule has 0 spiro atoms. The average molecular weight is 861 g/mol. The van der Waals surface area contributed by atoms with Crippen LogP contribution in [0.1, 0.15) is 220 Å². The summed E-state index contributed by atoms with van der Waals surface area (Å²) in [5.74, 6) is -0.948. The topological polar surface area (TPSA) is 78.9 Å². The molecule has 6 nitrogen and oxygen atoms in total. The zero-order chi connectivity index (χ0) is 45.1. The SMILES string of the molecule is CC/C=C\C/C=C\C/C=C\C/C=C\CCCCCCCCC(=O)OCC(COC(=O)CCCCCCC/C=C\CCCC)OC(=O)CCCCCC/C=C\C/C=C\C/C=C\CC. The second-order valence-corrected chi connectivity index (χ2v) is 16.3. The molecule has 0 aromatic rings. The van der Waals surface area contributed by atoms with Crippen molar-refractivity contribution in [3.05, 3.63) is 97.2 Å². The lowest BCUT2D eigenvalue weighted by Gasteiger charge is -2.18. The van der Waals surface area contributed by atoms with Crippen molar-refractivity contribution in [3.8, 4) is 0 Å². The number of ether oxygens (including phenoxy) is 3. The number of hydrogen-bond acceptors (Lipinski definition) is 6. The second-order valence-electron chi connectivity index (χ2n) is 16.3. The van der Waals surface area contributed by atoms with Gasteiger partial charge in [-0.2, -0.15) is 0 Å². The molecular weight excluding hydrogens is 769 g/mol. The summed E-state index contributed by atoms with van der Waals surface area (Å²) in [5.41, 5.74) is 0. The van der Waals surface area contributed by atoms with E-state index in [0.717, 1.165) is 141 Å². The van der Waals surface area contributed by atoms with Crippen LogP contribution >= 0.6 is 0 Å². The summed E-state index contributed by atoms with van der Waals surface area (Å²) in [6.07, 6.45) is 65.3. The Morgan fingerprint density at radius 2 is 0.629 bits per heavy atom. The molecule has 1 atom stereocenters. The molecule has 0 fully saturated rings. The van der Waals surface area contributed by atoms with Crippen LogP contribution in [0.4, 0.5) is 0 Å². The maximum Gasteiger partial charge on any atom is 0.306 e. The first-order chi connectivity index (χ1) is 30.5. The molecule has 0 radical (unpaired) electrons. The molecule has 0 saturated heterocycles. The molecule has 0 aliphatic carbocycles. The fourth-order valence-electron chi connectivity index (χ4n) is 6.54. The summed E-state index contributed by atoms with van der Waals surface area (Å²) in [6.45, 7) is 6.32. The molecular formula is C56H92O6. The van der Waals surface area contributed by atoms with Crippen molar-refractivity contribution in [2.24, 2.45) is 0 Å². The lowest BCUT2D eigenvalue weighted by atomic mass is 10.1. The highest BCUT2D eigenvalue weighted by Gasteiger charge is 2.19. The van der Waals surface area contributed by atoms with Crippen molar-refractivity contribution in [3.63, 3.8) is 0 Å². The summed E-state index contributed by atoms with van der Waals surface area (Å²) < 4.78 is 16.7. The number of unbranched alkanes of at least 4 members (excludes halogenated alkanes) is 17. The Morgan fingerprint density at radius 3 is 1.00 bits per heavy atom. The highest BCUT2D eigenvalue weighted by Crippen LogP contribution is 2.13. The molecule has 0 amide bonds. The van der Waals surface area contributed by atoms with E-state index in [2.05, 4.69) is 118 Å². The van der Waals surface area contributed by atoms with Crippen molar-refractivity contribution < 1.29 is 28.6 Å². The molecule has 352 valence electrons. The van der Waals surface area contributed by atoms with Crippen LogP contribution in [0.25, 0.3) is 0 Å². The van der Waals surface area contributed by atoms with Gasteiger partial charge in [0, 0.05) is 19.3 Å². The average Bonchev–Trinajstić information content (AvgIpc) is 3.27. The van der Waals surface area contributed by atoms with E-state index in [0.29, 0.717) is 19.3 Å². The van der Waals surface area contributed by atoms with Gasteiger partial charge in [-0.1, -0.05) is 189 Å². The van der Waals surface area contributed by atoms with Gasteiger partial charge < -0.3 is 14.2 Å². The van der Waals surface area contributed by atoms with Crippen molar-refractivity contribution in [1.29, 1.82) is 0 Å². The molecule has 0 rings (SSSR count). The molecule has 0 saturated carbocycles. The number of carbonyl (C=O) groups is 3. The first-order valence-electron chi connectivity index (χ1n) is 25.2. The molecule has 0 heterocycles. The van der Waals surface area contributed by atoms with E-state index in [1.807, 2.05) is 0 Å². The van der Waals surface area contributed by atoms with Crippen LogP contribution in [-0.2, 0) is 28.6 Å². The monoisotopic (exact) mass is 861 g/mol. The Balaban J connectivity index is 4.43. The van der Waals surface area contributed by atoms with Crippen LogP contribution in [0, 0.1) is 0 Å². The van der Waals surface area contributed by atoms with Gasteiger partial charge in [-0.05, 0) is 109 Å². The minimum atomic E-state index is -0.798. The lowest BCUT2D eigenvalue weighted by molar-refractivity contribution is -0.167. The third-order valence-corrected chi connectivity index (χ3v) is 10.3. The fraction of sp³-hybridized carbons (Fsp3) is 0.661. The van der Waals surface area contributed by atoms with Crippen molar-refractivity contribution >= 4 is 17.9 Å². The Bertz CT molecular complexity index is 1260. The maximum atomic E-state index is 12.8. The molecule has 1 unspecified atom stereocenters. The number of carbonyl (C=O) groups excluding carboxylic acids is 3. The number of hydrogen-bond donors (Lipinski definition) is 0. The minimum absolute atomic E-state index is 0.0971. The Hall–Kier alpha value is -3.67. The summed E-state index contributed by atoms with van der Waals surface area (Å²) in [6, 6.07) is 0. The van der Waals surface area contributed by atoms with Gasteiger partial charge in [0.05, 0.1) is 0 Å².